The van der Waals surface area contributed by atoms with E-state index in [1.165, 1.54) is 12.8 Å². The number of hydrogen-bond donors (Lipinski definition) is 1. The van der Waals surface area contributed by atoms with Crippen molar-refractivity contribution in [3.05, 3.63) is 92.4 Å². The van der Waals surface area contributed by atoms with Gasteiger partial charge in [-0.05, 0) is 72.9 Å². The molecule has 1 atom stereocenters. The molecule has 1 aliphatic carbocycles. The van der Waals surface area contributed by atoms with Crippen LogP contribution in [-0.2, 0) is 6.54 Å². The van der Waals surface area contributed by atoms with Gasteiger partial charge >= 0.3 is 29.6 Å². The first-order chi connectivity index (χ1) is 17.6. The van der Waals surface area contributed by atoms with Crippen LogP contribution in [0.15, 0.2) is 71.4 Å². The van der Waals surface area contributed by atoms with Gasteiger partial charge in [-0.2, -0.15) is 0 Å². The van der Waals surface area contributed by atoms with E-state index in [9.17, 15) is 9.90 Å². The van der Waals surface area contributed by atoms with E-state index in [0.717, 1.165) is 45.7 Å². The van der Waals surface area contributed by atoms with Crippen LogP contribution in [0.1, 0.15) is 64.5 Å². The first-order valence-electron chi connectivity index (χ1n) is 12.4. The van der Waals surface area contributed by atoms with E-state index >= 15 is 0 Å². The minimum Gasteiger partial charge on any atom is -0.545 e. The van der Waals surface area contributed by atoms with Crippen molar-refractivity contribution in [2.24, 2.45) is 5.92 Å². The summed E-state index contributed by atoms with van der Waals surface area (Å²) in [4.78, 5) is 17.6. The molecule has 0 spiro atoms. The molecule has 37 heavy (non-hydrogen) atoms. The van der Waals surface area contributed by atoms with E-state index in [-0.39, 0.29) is 41.2 Å². The first-order valence-corrected chi connectivity index (χ1v) is 14.1. The molecule has 5 rings (SSSR count). The van der Waals surface area contributed by atoms with Crippen molar-refractivity contribution in [3.8, 4) is 17.0 Å². The zero-order chi connectivity index (χ0) is 24.9. The molecule has 0 saturated heterocycles. The first kappa shape index (κ1) is 28.0. The Morgan fingerprint density at radius 1 is 1.05 bits per heavy atom. The summed E-state index contributed by atoms with van der Waals surface area (Å²) >= 11 is 3.26. The van der Waals surface area contributed by atoms with Gasteiger partial charge in [0.05, 0.1) is 23.8 Å². The van der Waals surface area contributed by atoms with Gasteiger partial charge in [-0.15, -0.1) is 22.7 Å². The number of nitrogens with zero attached hydrogens (tertiary/aromatic N) is 1. The fourth-order valence-electron chi connectivity index (χ4n) is 4.65. The summed E-state index contributed by atoms with van der Waals surface area (Å²) in [6.45, 7) is 2.71. The molecule has 0 aliphatic heterocycles. The van der Waals surface area contributed by atoms with Gasteiger partial charge in [0.25, 0.3) is 0 Å². The van der Waals surface area contributed by atoms with Gasteiger partial charge in [-0.3, -0.25) is 5.32 Å². The van der Waals surface area contributed by atoms with Crippen LogP contribution in [0.5, 0.6) is 5.75 Å². The molecule has 2 aromatic heterocycles. The summed E-state index contributed by atoms with van der Waals surface area (Å²) in [5, 5.41) is 20.1. The van der Waals surface area contributed by atoms with Gasteiger partial charge in [0.15, 0.2) is 0 Å². The topological polar surface area (TPSA) is 74.3 Å². The zero-order valence-corrected chi connectivity index (χ0v) is 24.8. The van der Waals surface area contributed by atoms with Gasteiger partial charge < -0.3 is 14.6 Å². The fraction of sp³-hybridized carbons (Fsp3) is 0.310. The maximum Gasteiger partial charge on any atom is 1.00 e. The number of nitrogens with one attached hydrogen (secondary N) is 1. The number of thiophene rings is 1. The molecule has 0 amide bonds. The smallest absolute Gasteiger partial charge is 0.545 e. The van der Waals surface area contributed by atoms with Crippen molar-refractivity contribution in [3.63, 3.8) is 0 Å². The number of carbonyl (C=O) groups is 1. The number of carbonyl (C=O) groups excluding carboxylic acids is 1. The van der Waals surface area contributed by atoms with Crippen LogP contribution in [0.25, 0.3) is 11.3 Å². The SMILES string of the molecule is CC1CCC(Oc2ccc(-c3csc(C(NCc4ccccc4C(=O)[O-])c4cccs4)n3)cc2)CC1.[Na+]. The maximum absolute atomic E-state index is 11.5. The average Bonchev–Trinajstić information content (AvgIpc) is 3.60. The van der Waals surface area contributed by atoms with E-state index in [0.29, 0.717) is 18.2 Å². The van der Waals surface area contributed by atoms with Crippen LogP contribution < -0.4 is 44.7 Å². The normalized spacial score (nSPS) is 18.1. The largest absolute Gasteiger partial charge is 1.00 e. The van der Waals surface area contributed by atoms with E-state index in [1.54, 1.807) is 34.8 Å². The number of benzene rings is 2. The molecule has 0 bridgehead atoms. The summed E-state index contributed by atoms with van der Waals surface area (Å²) in [6, 6.07) is 19.1. The van der Waals surface area contributed by atoms with E-state index in [4.69, 9.17) is 9.72 Å². The van der Waals surface area contributed by atoms with E-state index < -0.39 is 5.97 Å². The van der Waals surface area contributed by atoms with Crippen LogP contribution in [0.2, 0.25) is 0 Å². The maximum atomic E-state index is 11.5. The molecule has 186 valence electrons. The second-order valence-corrected chi connectivity index (χ2v) is 11.2. The Balaban J connectivity index is 0.00000320. The van der Waals surface area contributed by atoms with Crippen molar-refractivity contribution in [1.82, 2.24) is 10.3 Å². The number of ether oxygens (including phenoxy) is 1. The van der Waals surface area contributed by atoms with Crippen LogP contribution in [0.3, 0.4) is 0 Å². The molecule has 5 nitrogen and oxygen atoms in total. The van der Waals surface area contributed by atoms with Crippen molar-refractivity contribution in [2.45, 2.75) is 51.3 Å². The number of hydrogen-bond acceptors (Lipinski definition) is 7. The monoisotopic (exact) mass is 540 g/mol. The Kier molecular flexibility index (Phi) is 9.98. The zero-order valence-electron chi connectivity index (χ0n) is 21.2. The average molecular weight is 541 g/mol. The minimum absolute atomic E-state index is 0. The number of aromatic nitrogens is 1. The quantitative estimate of drug-likeness (QED) is 0.331. The third kappa shape index (κ3) is 7.11. The predicted molar refractivity (Wildman–Crippen MR) is 143 cm³/mol. The van der Waals surface area contributed by atoms with Gasteiger partial charge in [0.2, 0.25) is 0 Å². The van der Waals surface area contributed by atoms with Gasteiger partial charge in [-0.25, -0.2) is 4.98 Å². The molecule has 4 aromatic rings. The molecule has 2 heterocycles. The van der Waals surface area contributed by atoms with Crippen molar-refractivity contribution in [2.75, 3.05) is 0 Å². The van der Waals surface area contributed by atoms with Crippen molar-refractivity contribution < 1.29 is 44.2 Å². The van der Waals surface area contributed by atoms with Crippen LogP contribution in [-0.4, -0.2) is 17.1 Å². The number of carboxylic acid groups (broad SMARTS) is 1. The summed E-state index contributed by atoms with van der Waals surface area (Å²) in [5.41, 5.74) is 2.87. The molecule has 1 unspecified atom stereocenters. The van der Waals surface area contributed by atoms with Gasteiger partial charge in [0, 0.05) is 27.9 Å². The third-order valence-corrected chi connectivity index (χ3v) is 8.59. The van der Waals surface area contributed by atoms with Crippen molar-refractivity contribution >= 4 is 28.6 Å². The Morgan fingerprint density at radius 3 is 2.51 bits per heavy atom. The molecule has 2 aromatic carbocycles. The summed E-state index contributed by atoms with van der Waals surface area (Å²) in [7, 11) is 0. The second-order valence-electron chi connectivity index (χ2n) is 9.37. The molecular weight excluding hydrogens is 511 g/mol. The van der Waals surface area contributed by atoms with Gasteiger partial charge in [0.1, 0.15) is 10.8 Å². The third-order valence-electron chi connectivity index (χ3n) is 6.75. The number of rotatable bonds is 9. The Hall–Kier alpha value is -2.00. The van der Waals surface area contributed by atoms with Crippen LogP contribution >= 0.6 is 22.7 Å². The molecule has 1 fully saturated rings. The van der Waals surface area contributed by atoms with E-state index in [1.807, 2.05) is 35.7 Å². The Morgan fingerprint density at radius 2 is 1.81 bits per heavy atom. The molecular formula is C29H29N2NaO3S2. The molecule has 0 radical (unpaired) electrons. The Labute approximate surface area is 248 Å². The predicted octanol–water partition coefficient (Wildman–Crippen LogP) is 3.08. The summed E-state index contributed by atoms with van der Waals surface area (Å²) in [5.74, 6) is 0.558. The number of aromatic carboxylic acids is 1. The molecule has 8 heteroatoms. The standard InChI is InChI=1S/C29H30N2O3S2.Na/c1-19-8-12-22(13-9-19)34-23-14-10-20(11-15-23)25-18-36-28(31-25)27(26-7-4-16-35-26)30-17-21-5-2-3-6-24(21)29(32)33;/h2-7,10-11,14-16,18-19,22,27,30H,8-9,12-13,17H2,1H3,(H,32,33);/q;+1/p-1. The minimum atomic E-state index is -1.16. The molecule has 1 saturated carbocycles. The fourth-order valence-corrected chi connectivity index (χ4v) is 6.44. The van der Waals surface area contributed by atoms with E-state index in [2.05, 4.69) is 35.8 Å². The molecule has 1 N–H and O–H groups in total. The number of thiazole rings is 1. The summed E-state index contributed by atoms with van der Waals surface area (Å²) < 4.78 is 6.21. The van der Waals surface area contributed by atoms with Crippen molar-refractivity contribution in [1.29, 1.82) is 0 Å². The van der Waals surface area contributed by atoms with Crippen LogP contribution in [0, 0.1) is 5.92 Å². The Bertz CT molecular complexity index is 1280. The molecule has 1 aliphatic rings. The van der Waals surface area contributed by atoms with Gasteiger partial charge in [-0.1, -0.05) is 37.3 Å². The number of carboxylic acids is 1. The van der Waals surface area contributed by atoms with Crippen LogP contribution in [0.4, 0.5) is 0 Å². The summed E-state index contributed by atoms with van der Waals surface area (Å²) in [6.07, 6.45) is 5.05. The second kappa shape index (κ2) is 13.2.